The molecule has 0 unspecified atom stereocenters. The lowest BCUT2D eigenvalue weighted by Gasteiger charge is -2.27. The average Bonchev–Trinajstić information content (AvgIpc) is 3.68. The SMILES string of the molecule is C=Nc1ccc(-c2nc3cc(C(=O)N4C[C@H]5CC[C@@H]4[C@@H]5N)cc(OC)c3n2C)n1CCc1ccccn1. The molecule has 4 heterocycles. The molecule has 0 spiro atoms. The van der Waals surface area contributed by atoms with E-state index in [2.05, 4.69) is 21.3 Å². The lowest BCUT2D eigenvalue weighted by molar-refractivity contribution is 0.0700. The van der Waals surface area contributed by atoms with Crippen molar-refractivity contribution in [3.05, 3.63) is 59.9 Å². The Morgan fingerprint density at radius 2 is 2.11 bits per heavy atom. The number of aromatic nitrogens is 4. The third kappa shape index (κ3) is 3.81. The van der Waals surface area contributed by atoms with Gasteiger partial charge in [-0.1, -0.05) is 6.07 Å². The summed E-state index contributed by atoms with van der Waals surface area (Å²) in [4.78, 5) is 29.1. The number of nitrogens with zero attached hydrogens (tertiary/aromatic N) is 6. The van der Waals surface area contributed by atoms with Crippen LogP contribution in [0.2, 0.25) is 0 Å². The van der Waals surface area contributed by atoms with Crippen molar-refractivity contribution in [2.24, 2.45) is 23.7 Å². The third-order valence-electron chi connectivity index (χ3n) is 7.98. The van der Waals surface area contributed by atoms with Gasteiger partial charge in [0.05, 0.1) is 18.3 Å². The summed E-state index contributed by atoms with van der Waals surface area (Å²) in [6.07, 6.45) is 4.62. The van der Waals surface area contributed by atoms with E-state index >= 15 is 0 Å². The van der Waals surface area contributed by atoms with Crippen molar-refractivity contribution in [1.29, 1.82) is 0 Å². The van der Waals surface area contributed by atoms with Crippen molar-refractivity contribution in [1.82, 2.24) is 24.0 Å². The van der Waals surface area contributed by atoms with E-state index in [9.17, 15) is 4.79 Å². The highest BCUT2D eigenvalue weighted by atomic mass is 16.5. The maximum Gasteiger partial charge on any atom is 0.254 e. The average molecular weight is 498 g/mol. The molecule has 1 saturated carbocycles. The van der Waals surface area contributed by atoms with Crippen LogP contribution in [-0.2, 0) is 20.0 Å². The Morgan fingerprint density at radius 3 is 2.78 bits per heavy atom. The van der Waals surface area contributed by atoms with Crippen molar-refractivity contribution in [3.63, 3.8) is 0 Å². The number of carbonyl (C=O) groups excluding carboxylic acids is 1. The number of piperidine rings is 1. The molecule has 3 aromatic heterocycles. The Hall–Kier alpha value is -3.98. The quantitative estimate of drug-likeness (QED) is 0.393. The van der Waals surface area contributed by atoms with Crippen molar-refractivity contribution in [2.75, 3.05) is 13.7 Å². The largest absolute Gasteiger partial charge is 0.494 e. The second-order valence-corrected chi connectivity index (χ2v) is 9.94. The first-order chi connectivity index (χ1) is 18.0. The molecule has 0 radical (unpaired) electrons. The smallest absolute Gasteiger partial charge is 0.254 e. The molecule has 3 atom stereocenters. The van der Waals surface area contributed by atoms with Gasteiger partial charge in [0.1, 0.15) is 17.1 Å². The first kappa shape index (κ1) is 23.4. The number of methoxy groups -OCH3 is 1. The Morgan fingerprint density at radius 1 is 1.24 bits per heavy atom. The van der Waals surface area contributed by atoms with Crippen LogP contribution in [0.1, 0.15) is 28.9 Å². The second-order valence-electron chi connectivity index (χ2n) is 9.94. The predicted octanol–water partition coefficient (Wildman–Crippen LogP) is 3.58. The van der Waals surface area contributed by atoms with Crippen LogP contribution in [-0.4, -0.2) is 62.4 Å². The number of benzene rings is 1. The highest BCUT2D eigenvalue weighted by Crippen LogP contribution is 2.39. The van der Waals surface area contributed by atoms with Gasteiger partial charge in [-0.3, -0.25) is 9.78 Å². The van der Waals surface area contributed by atoms with Gasteiger partial charge in [-0.15, -0.1) is 0 Å². The van der Waals surface area contributed by atoms with Gasteiger partial charge in [0.25, 0.3) is 5.91 Å². The van der Waals surface area contributed by atoms with E-state index in [4.69, 9.17) is 15.5 Å². The monoisotopic (exact) mass is 497 g/mol. The fraction of sp³-hybridized carbons (Fsp3) is 0.357. The summed E-state index contributed by atoms with van der Waals surface area (Å²) >= 11 is 0. The van der Waals surface area contributed by atoms with Crippen LogP contribution in [0.15, 0.2) is 53.7 Å². The Bertz CT molecular complexity index is 1490. The van der Waals surface area contributed by atoms with E-state index in [1.165, 1.54) is 0 Å². The maximum absolute atomic E-state index is 13.5. The first-order valence-electron chi connectivity index (χ1n) is 12.7. The summed E-state index contributed by atoms with van der Waals surface area (Å²) in [6, 6.07) is 13.7. The van der Waals surface area contributed by atoms with Crippen LogP contribution < -0.4 is 10.5 Å². The van der Waals surface area contributed by atoms with Crippen molar-refractivity contribution < 1.29 is 9.53 Å². The molecule has 1 amide bonds. The summed E-state index contributed by atoms with van der Waals surface area (Å²) < 4.78 is 9.87. The standard InChI is InChI=1S/C28H31N7O2/c1-30-24-10-9-22(34(24)13-11-19-6-4-5-12-31-19)27-32-20-14-18(15-23(37-3)26(20)33(27)2)28(36)35-16-17-7-8-21(35)25(17)29/h4-6,9-10,12,14-15,17,21,25H,1,7-8,11,13,16,29H2,2-3H3/t17-,21-,25-/m1/s1. The normalized spacial score (nSPS) is 20.6. The number of ether oxygens (including phenoxy) is 1. The molecular weight excluding hydrogens is 466 g/mol. The van der Waals surface area contributed by atoms with Crippen LogP contribution in [0.5, 0.6) is 5.75 Å². The molecule has 2 aliphatic rings. The van der Waals surface area contributed by atoms with E-state index < -0.39 is 0 Å². The molecule has 1 aromatic carbocycles. The summed E-state index contributed by atoms with van der Waals surface area (Å²) in [7, 11) is 3.59. The van der Waals surface area contributed by atoms with Crippen molar-refractivity contribution >= 4 is 29.5 Å². The van der Waals surface area contributed by atoms with Gasteiger partial charge in [-0.25, -0.2) is 9.98 Å². The van der Waals surface area contributed by atoms with Gasteiger partial charge in [-0.2, -0.15) is 0 Å². The minimum Gasteiger partial charge on any atom is -0.494 e. The molecule has 9 heteroatoms. The van der Waals surface area contributed by atoms with Crippen LogP contribution >= 0.6 is 0 Å². The van der Waals surface area contributed by atoms with Gasteiger partial charge in [0, 0.05) is 56.1 Å². The van der Waals surface area contributed by atoms with Gasteiger partial charge in [-0.05, 0) is 61.9 Å². The number of pyridine rings is 1. The van der Waals surface area contributed by atoms with Crippen LogP contribution in [0, 0.1) is 5.92 Å². The molecular formula is C28H31N7O2. The lowest BCUT2D eigenvalue weighted by Crippen LogP contribution is -2.41. The zero-order valence-electron chi connectivity index (χ0n) is 21.2. The molecule has 2 N–H and O–H groups in total. The number of amides is 1. The zero-order chi connectivity index (χ0) is 25.7. The van der Waals surface area contributed by atoms with E-state index in [-0.39, 0.29) is 18.0 Å². The number of aryl methyl sites for hydroxylation is 2. The minimum absolute atomic E-state index is 0.00747. The molecule has 190 valence electrons. The fourth-order valence-electron chi connectivity index (χ4n) is 6.06. The Kier molecular flexibility index (Phi) is 5.79. The molecule has 6 rings (SSSR count). The number of fused-ring (bicyclic) bond motifs is 3. The lowest BCUT2D eigenvalue weighted by atomic mass is 10.1. The number of nitrogens with two attached hydrogens (primary N) is 1. The molecule has 4 aromatic rings. The summed E-state index contributed by atoms with van der Waals surface area (Å²) in [5.74, 6) is 2.53. The molecule has 1 aliphatic heterocycles. The predicted molar refractivity (Wildman–Crippen MR) is 143 cm³/mol. The third-order valence-corrected chi connectivity index (χ3v) is 7.98. The molecule has 2 fully saturated rings. The molecule has 1 saturated heterocycles. The van der Waals surface area contributed by atoms with Crippen molar-refractivity contribution in [2.45, 2.75) is 37.9 Å². The van der Waals surface area contributed by atoms with Gasteiger partial charge in [0.15, 0.2) is 5.82 Å². The Labute approximate surface area is 215 Å². The fourth-order valence-corrected chi connectivity index (χ4v) is 6.06. The highest BCUT2D eigenvalue weighted by molar-refractivity contribution is 6.00. The van der Waals surface area contributed by atoms with E-state index in [0.717, 1.165) is 54.4 Å². The van der Waals surface area contributed by atoms with E-state index in [1.807, 2.05) is 59.0 Å². The summed E-state index contributed by atoms with van der Waals surface area (Å²) in [5, 5.41) is 0. The Balaban J connectivity index is 1.38. The molecule has 37 heavy (non-hydrogen) atoms. The van der Waals surface area contributed by atoms with Gasteiger partial charge >= 0.3 is 0 Å². The van der Waals surface area contributed by atoms with E-state index in [1.54, 1.807) is 13.3 Å². The second kappa shape index (κ2) is 9.15. The van der Waals surface area contributed by atoms with Crippen LogP contribution in [0.4, 0.5) is 5.82 Å². The topological polar surface area (TPSA) is 104 Å². The minimum atomic E-state index is -0.00747. The number of imidazole rings is 1. The van der Waals surface area contributed by atoms with Gasteiger partial charge < -0.3 is 24.5 Å². The number of aliphatic imine (C=N–C) groups is 1. The molecule has 9 nitrogen and oxygen atoms in total. The highest BCUT2D eigenvalue weighted by Gasteiger charge is 2.47. The van der Waals surface area contributed by atoms with Crippen LogP contribution in [0.25, 0.3) is 22.6 Å². The zero-order valence-corrected chi connectivity index (χ0v) is 21.2. The van der Waals surface area contributed by atoms with Crippen LogP contribution in [0.3, 0.4) is 0 Å². The van der Waals surface area contributed by atoms with E-state index in [0.29, 0.717) is 29.3 Å². The summed E-state index contributed by atoms with van der Waals surface area (Å²) in [5.41, 5.74) is 10.4. The maximum atomic E-state index is 13.5. The number of hydrogen-bond donors (Lipinski definition) is 1. The number of carbonyl (C=O) groups is 1. The molecule has 2 bridgehead atoms. The number of likely N-dealkylation sites (tertiary alicyclic amines) is 1. The molecule has 1 aliphatic carbocycles. The van der Waals surface area contributed by atoms with Crippen molar-refractivity contribution in [3.8, 4) is 17.3 Å². The number of rotatable bonds is 7. The first-order valence-corrected chi connectivity index (χ1v) is 12.7. The number of hydrogen-bond acceptors (Lipinski definition) is 6. The van der Waals surface area contributed by atoms with Gasteiger partial charge in [0.2, 0.25) is 0 Å². The summed E-state index contributed by atoms with van der Waals surface area (Å²) in [6.45, 7) is 5.15.